The molecule has 5 nitrogen and oxygen atoms in total. The zero-order valence-corrected chi connectivity index (χ0v) is 8.61. The molecule has 1 aliphatic rings. The summed E-state index contributed by atoms with van der Waals surface area (Å²) >= 11 is 0. The molecule has 0 aliphatic carbocycles. The minimum Gasteiger partial charge on any atom is -0.478 e. The second-order valence-corrected chi connectivity index (χ2v) is 3.51. The second-order valence-electron chi connectivity index (χ2n) is 3.51. The van der Waals surface area contributed by atoms with Gasteiger partial charge < -0.3 is 15.7 Å². The number of carboxylic acids is 1. The van der Waals surface area contributed by atoms with Crippen LogP contribution in [-0.4, -0.2) is 17.1 Å². The number of carbonyl (C=O) groups is 2. The van der Waals surface area contributed by atoms with Crippen LogP contribution < -0.4 is 10.6 Å². The van der Waals surface area contributed by atoms with E-state index in [1.54, 1.807) is 0 Å². The third-order valence-electron chi connectivity index (χ3n) is 2.40. The van der Waals surface area contributed by atoms with E-state index < -0.39 is 23.9 Å². The van der Waals surface area contributed by atoms with Gasteiger partial charge in [0, 0.05) is 6.20 Å². The van der Waals surface area contributed by atoms with Crippen molar-refractivity contribution in [2.24, 2.45) is 0 Å². The van der Waals surface area contributed by atoms with Crippen LogP contribution in [-0.2, 0) is 4.79 Å². The number of benzene rings is 1. The zero-order chi connectivity index (χ0) is 12.4. The van der Waals surface area contributed by atoms with Crippen molar-refractivity contribution < 1.29 is 19.1 Å². The largest absolute Gasteiger partial charge is 0.478 e. The summed E-state index contributed by atoms with van der Waals surface area (Å²) in [5.41, 5.74) is 0.506. The summed E-state index contributed by atoms with van der Waals surface area (Å²) in [6.45, 7) is 0. The van der Waals surface area contributed by atoms with Gasteiger partial charge in [0.25, 0.3) is 0 Å². The molecule has 0 saturated heterocycles. The van der Waals surface area contributed by atoms with Crippen LogP contribution >= 0.6 is 0 Å². The molecule has 2 amide bonds. The van der Waals surface area contributed by atoms with E-state index in [0.717, 1.165) is 6.20 Å². The van der Waals surface area contributed by atoms with Crippen LogP contribution in [0.5, 0.6) is 0 Å². The van der Waals surface area contributed by atoms with Gasteiger partial charge in [0.05, 0.1) is 11.6 Å². The second kappa shape index (κ2) is 4.25. The van der Waals surface area contributed by atoms with Crippen molar-refractivity contribution in [1.82, 2.24) is 10.6 Å². The maximum atomic E-state index is 12.8. The first-order valence-electron chi connectivity index (χ1n) is 4.84. The quantitative estimate of drug-likeness (QED) is 0.720. The molecule has 0 fully saturated rings. The molecular formula is C11H9FN2O3. The number of nitrogens with one attached hydrogen (secondary N) is 2. The number of carboxylic acid groups (broad SMARTS) is 1. The molecule has 1 heterocycles. The van der Waals surface area contributed by atoms with Gasteiger partial charge in [0.1, 0.15) is 5.82 Å². The maximum Gasteiger partial charge on any atom is 0.335 e. The van der Waals surface area contributed by atoms with Crippen LogP contribution in [0.4, 0.5) is 9.18 Å². The molecule has 0 saturated carbocycles. The van der Waals surface area contributed by atoms with Gasteiger partial charge in [-0.3, -0.25) is 0 Å². The number of halogens is 1. The molecular weight excluding hydrogens is 227 g/mol. The number of aliphatic carboxylic acids is 1. The lowest BCUT2D eigenvalue weighted by molar-refractivity contribution is -0.133. The fourth-order valence-electron chi connectivity index (χ4n) is 1.58. The van der Waals surface area contributed by atoms with Crippen LogP contribution in [0.25, 0.3) is 0 Å². The first kappa shape index (κ1) is 11.1. The Balaban J connectivity index is 2.37. The predicted molar refractivity (Wildman–Crippen MR) is 56.5 cm³/mol. The Morgan fingerprint density at radius 3 is 2.53 bits per heavy atom. The third kappa shape index (κ3) is 2.25. The van der Waals surface area contributed by atoms with Gasteiger partial charge in [-0.15, -0.1) is 0 Å². The highest BCUT2D eigenvalue weighted by molar-refractivity contribution is 5.92. The lowest BCUT2D eigenvalue weighted by Crippen LogP contribution is -2.42. The molecule has 2 rings (SSSR count). The van der Waals surface area contributed by atoms with Gasteiger partial charge in [-0.05, 0) is 17.7 Å². The van der Waals surface area contributed by atoms with E-state index in [0.29, 0.717) is 5.56 Å². The van der Waals surface area contributed by atoms with Crippen molar-refractivity contribution in [1.29, 1.82) is 0 Å². The first-order valence-corrected chi connectivity index (χ1v) is 4.84. The summed E-state index contributed by atoms with van der Waals surface area (Å²) in [7, 11) is 0. The van der Waals surface area contributed by atoms with Gasteiger partial charge >= 0.3 is 12.0 Å². The molecule has 0 unspecified atom stereocenters. The highest BCUT2D eigenvalue weighted by Gasteiger charge is 2.27. The third-order valence-corrected chi connectivity index (χ3v) is 2.40. The molecule has 6 heteroatoms. The van der Waals surface area contributed by atoms with Gasteiger partial charge in [0.15, 0.2) is 0 Å². The smallest absolute Gasteiger partial charge is 0.335 e. The summed E-state index contributed by atoms with van der Waals surface area (Å²) in [4.78, 5) is 22.1. The van der Waals surface area contributed by atoms with Crippen molar-refractivity contribution in [3.63, 3.8) is 0 Å². The van der Waals surface area contributed by atoms with Crippen molar-refractivity contribution in [2.45, 2.75) is 6.04 Å². The van der Waals surface area contributed by atoms with E-state index in [1.165, 1.54) is 24.3 Å². The van der Waals surface area contributed by atoms with Crippen LogP contribution in [0.15, 0.2) is 36.0 Å². The van der Waals surface area contributed by atoms with Gasteiger partial charge in [-0.2, -0.15) is 0 Å². The minimum atomic E-state index is -1.15. The average molecular weight is 236 g/mol. The molecule has 1 atom stereocenters. The van der Waals surface area contributed by atoms with E-state index >= 15 is 0 Å². The van der Waals surface area contributed by atoms with Crippen molar-refractivity contribution in [3.8, 4) is 0 Å². The monoisotopic (exact) mass is 236 g/mol. The van der Waals surface area contributed by atoms with Crippen LogP contribution in [0, 0.1) is 5.82 Å². The normalized spacial score (nSPS) is 19.0. The summed E-state index contributed by atoms with van der Waals surface area (Å²) < 4.78 is 12.8. The number of hydrogen-bond donors (Lipinski definition) is 3. The summed E-state index contributed by atoms with van der Waals surface area (Å²) in [5, 5.41) is 13.7. The Bertz CT molecular complexity index is 496. The molecule has 0 radical (unpaired) electrons. The molecule has 1 aromatic rings. The van der Waals surface area contributed by atoms with Crippen LogP contribution in [0.2, 0.25) is 0 Å². The van der Waals surface area contributed by atoms with E-state index in [4.69, 9.17) is 5.11 Å². The zero-order valence-electron chi connectivity index (χ0n) is 8.61. The number of urea groups is 1. The Morgan fingerprint density at radius 2 is 1.94 bits per heavy atom. The van der Waals surface area contributed by atoms with E-state index in [1.807, 2.05) is 0 Å². The fraction of sp³-hybridized carbons (Fsp3) is 0.0909. The predicted octanol–water partition coefficient (Wildman–Crippen LogP) is 1.15. The number of rotatable bonds is 2. The molecule has 88 valence electrons. The lowest BCUT2D eigenvalue weighted by atomic mass is 9.98. The topological polar surface area (TPSA) is 78.4 Å². The maximum absolute atomic E-state index is 12.8. The van der Waals surface area contributed by atoms with Gasteiger partial charge in [0.2, 0.25) is 0 Å². The average Bonchev–Trinajstić information content (AvgIpc) is 2.29. The summed E-state index contributed by atoms with van der Waals surface area (Å²) in [6, 6.07) is 4.02. The van der Waals surface area contributed by atoms with Crippen molar-refractivity contribution in [3.05, 3.63) is 47.4 Å². The Hall–Kier alpha value is -2.37. The molecule has 0 spiro atoms. The van der Waals surface area contributed by atoms with Gasteiger partial charge in [-0.25, -0.2) is 14.0 Å². The molecule has 1 aromatic carbocycles. The molecule has 0 aromatic heterocycles. The Labute approximate surface area is 95.9 Å². The van der Waals surface area contributed by atoms with Crippen LogP contribution in [0.1, 0.15) is 11.6 Å². The summed E-state index contributed by atoms with van der Waals surface area (Å²) in [5.74, 6) is -1.57. The van der Waals surface area contributed by atoms with E-state index in [2.05, 4.69) is 10.6 Å². The molecule has 0 bridgehead atoms. The highest BCUT2D eigenvalue weighted by atomic mass is 19.1. The highest BCUT2D eigenvalue weighted by Crippen LogP contribution is 2.23. The standard InChI is InChI=1S/C11H9FN2O3/c12-7-3-1-6(2-4-7)9-8(10(15)16)5-13-11(17)14-9/h1-5,9H,(H,15,16)(H2,13,14,17)/t9-/m0/s1. The minimum absolute atomic E-state index is 0.00351. The van der Waals surface area contributed by atoms with Crippen molar-refractivity contribution in [2.75, 3.05) is 0 Å². The number of carbonyl (C=O) groups excluding carboxylic acids is 1. The fourth-order valence-corrected chi connectivity index (χ4v) is 1.58. The molecule has 1 aliphatic heterocycles. The van der Waals surface area contributed by atoms with Crippen molar-refractivity contribution >= 4 is 12.0 Å². The SMILES string of the molecule is O=C1NC=C(C(=O)O)[C@H](c2ccc(F)cc2)N1. The lowest BCUT2D eigenvalue weighted by Gasteiger charge is -2.23. The molecule has 3 N–H and O–H groups in total. The Kier molecular flexibility index (Phi) is 2.78. The number of hydrogen-bond acceptors (Lipinski definition) is 2. The number of amides is 2. The van der Waals surface area contributed by atoms with E-state index in [-0.39, 0.29) is 5.57 Å². The Morgan fingerprint density at radius 1 is 1.29 bits per heavy atom. The van der Waals surface area contributed by atoms with E-state index in [9.17, 15) is 14.0 Å². The van der Waals surface area contributed by atoms with Gasteiger partial charge in [-0.1, -0.05) is 12.1 Å². The first-order chi connectivity index (χ1) is 8.08. The molecule has 17 heavy (non-hydrogen) atoms. The van der Waals surface area contributed by atoms with Crippen LogP contribution in [0.3, 0.4) is 0 Å². The summed E-state index contributed by atoms with van der Waals surface area (Å²) in [6.07, 6.45) is 1.13.